The van der Waals surface area contributed by atoms with Crippen molar-refractivity contribution in [2.75, 3.05) is 42.9 Å². The van der Waals surface area contributed by atoms with E-state index in [1.54, 1.807) is 12.1 Å². The number of hydrogen-bond acceptors (Lipinski definition) is 5. The molecule has 1 amide bonds. The van der Waals surface area contributed by atoms with Crippen molar-refractivity contribution in [3.63, 3.8) is 0 Å². The van der Waals surface area contributed by atoms with Gasteiger partial charge in [-0.2, -0.15) is 0 Å². The lowest BCUT2D eigenvalue weighted by Crippen LogP contribution is -2.46. The number of aromatic nitrogens is 2. The second-order valence-corrected chi connectivity index (χ2v) is 6.85. The Morgan fingerprint density at radius 1 is 1.19 bits per heavy atom. The van der Waals surface area contributed by atoms with Gasteiger partial charge in [-0.1, -0.05) is 24.6 Å². The molecule has 1 aliphatic rings. The average Bonchev–Trinajstić information content (AvgIpc) is 2.65. The van der Waals surface area contributed by atoms with Crippen LogP contribution in [0, 0.1) is 13.8 Å². The summed E-state index contributed by atoms with van der Waals surface area (Å²) in [7, 11) is 0. The number of nitrogens with zero attached hydrogens (tertiary/aromatic N) is 4. The fourth-order valence-corrected chi connectivity index (χ4v) is 3.23. The van der Waals surface area contributed by atoms with Crippen molar-refractivity contribution in [1.29, 1.82) is 0 Å². The largest absolute Gasteiger partial charge is 0.354 e. The van der Waals surface area contributed by atoms with Crippen LogP contribution in [-0.4, -0.2) is 53.5 Å². The molecule has 0 aliphatic carbocycles. The molecule has 3 rings (SSSR count). The maximum absolute atomic E-state index is 12.7. The highest BCUT2D eigenvalue weighted by Gasteiger charge is 2.19. The number of piperazine rings is 1. The van der Waals surface area contributed by atoms with Crippen LogP contribution in [0.5, 0.6) is 0 Å². The number of carbonyl (C=O) groups excluding carboxylic acids is 1. The minimum absolute atomic E-state index is 0.255. The SMILES string of the molecule is CCN1CCN(c2cc(C(=O)Nc3cccc(Cl)c3C)nc(C)n2)CC1. The third-order valence-electron chi connectivity index (χ3n) is 4.72. The van der Waals surface area contributed by atoms with Gasteiger partial charge in [0.05, 0.1) is 0 Å². The van der Waals surface area contributed by atoms with E-state index in [2.05, 4.69) is 32.0 Å². The summed E-state index contributed by atoms with van der Waals surface area (Å²) >= 11 is 6.13. The molecule has 2 heterocycles. The highest BCUT2D eigenvalue weighted by molar-refractivity contribution is 6.31. The molecule has 0 bridgehead atoms. The summed E-state index contributed by atoms with van der Waals surface area (Å²) in [5.74, 6) is 1.14. The lowest BCUT2D eigenvalue weighted by atomic mass is 10.2. The smallest absolute Gasteiger partial charge is 0.274 e. The molecule has 1 saturated heterocycles. The number of anilines is 2. The predicted molar refractivity (Wildman–Crippen MR) is 105 cm³/mol. The van der Waals surface area contributed by atoms with Gasteiger partial charge in [0.15, 0.2) is 0 Å². The Morgan fingerprint density at radius 3 is 2.62 bits per heavy atom. The summed E-state index contributed by atoms with van der Waals surface area (Å²) in [5.41, 5.74) is 1.89. The summed E-state index contributed by atoms with van der Waals surface area (Å²) in [6.45, 7) is 10.7. The highest BCUT2D eigenvalue weighted by Crippen LogP contribution is 2.24. The number of rotatable bonds is 4. The van der Waals surface area contributed by atoms with Gasteiger partial charge in [0.25, 0.3) is 5.91 Å². The number of nitrogens with one attached hydrogen (secondary N) is 1. The standard InChI is InChI=1S/C19H24ClN5O/c1-4-24-8-10-25(11-9-24)18-12-17(21-14(3)22-18)19(26)23-16-7-5-6-15(20)13(16)2/h5-7,12H,4,8-11H2,1-3H3,(H,23,26). The first-order valence-electron chi connectivity index (χ1n) is 8.87. The van der Waals surface area contributed by atoms with Gasteiger partial charge in [-0.15, -0.1) is 0 Å². The van der Waals surface area contributed by atoms with Crippen LogP contribution in [0.15, 0.2) is 24.3 Å². The van der Waals surface area contributed by atoms with Gasteiger partial charge in [-0.25, -0.2) is 9.97 Å². The predicted octanol–water partition coefficient (Wildman–Crippen LogP) is 3.14. The van der Waals surface area contributed by atoms with E-state index in [1.807, 2.05) is 26.0 Å². The first-order valence-corrected chi connectivity index (χ1v) is 9.25. The molecule has 0 spiro atoms. The molecule has 0 radical (unpaired) electrons. The molecule has 1 aromatic carbocycles. The van der Waals surface area contributed by atoms with E-state index in [4.69, 9.17) is 11.6 Å². The minimum atomic E-state index is -0.255. The van der Waals surface area contributed by atoms with E-state index in [1.165, 1.54) is 0 Å². The van der Waals surface area contributed by atoms with Gasteiger partial charge >= 0.3 is 0 Å². The minimum Gasteiger partial charge on any atom is -0.354 e. The van der Waals surface area contributed by atoms with Crippen LogP contribution < -0.4 is 10.2 Å². The lowest BCUT2D eigenvalue weighted by Gasteiger charge is -2.34. The van der Waals surface area contributed by atoms with Gasteiger partial charge in [-0.05, 0) is 38.1 Å². The van der Waals surface area contributed by atoms with E-state index in [0.29, 0.717) is 22.2 Å². The summed E-state index contributed by atoms with van der Waals surface area (Å²) in [6, 6.07) is 7.21. The first kappa shape index (κ1) is 18.6. The van der Waals surface area contributed by atoms with E-state index < -0.39 is 0 Å². The Balaban J connectivity index is 1.79. The number of hydrogen-bond donors (Lipinski definition) is 1. The Labute approximate surface area is 159 Å². The zero-order valence-electron chi connectivity index (χ0n) is 15.4. The number of amides is 1. The van der Waals surface area contributed by atoms with Gasteiger partial charge in [0.1, 0.15) is 17.3 Å². The third kappa shape index (κ3) is 4.14. The maximum Gasteiger partial charge on any atom is 0.274 e. The van der Waals surface area contributed by atoms with Crippen molar-refractivity contribution in [2.45, 2.75) is 20.8 Å². The van der Waals surface area contributed by atoms with Gasteiger partial charge in [0, 0.05) is 43.0 Å². The van der Waals surface area contributed by atoms with E-state index >= 15 is 0 Å². The topological polar surface area (TPSA) is 61.4 Å². The molecule has 1 N–H and O–H groups in total. The molecule has 7 heteroatoms. The molecule has 1 aromatic heterocycles. The fourth-order valence-electron chi connectivity index (χ4n) is 3.05. The number of likely N-dealkylation sites (N-methyl/N-ethyl adjacent to an activating group) is 1. The second-order valence-electron chi connectivity index (χ2n) is 6.45. The summed E-state index contributed by atoms with van der Waals surface area (Å²) in [6.07, 6.45) is 0. The van der Waals surface area contributed by atoms with Crippen LogP contribution in [-0.2, 0) is 0 Å². The third-order valence-corrected chi connectivity index (χ3v) is 5.13. The summed E-state index contributed by atoms with van der Waals surface area (Å²) in [4.78, 5) is 26.1. The monoisotopic (exact) mass is 373 g/mol. The number of carbonyl (C=O) groups is 1. The fraction of sp³-hybridized carbons (Fsp3) is 0.421. The van der Waals surface area contributed by atoms with Crippen molar-refractivity contribution in [3.05, 3.63) is 46.4 Å². The summed E-state index contributed by atoms with van der Waals surface area (Å²) < 4.78 is 0. The molecule has 0 saturated carbocycles. The Morgan fingerprint density at radius 2 is 1.92 bits per heavy atom. The van der Waals surface area contributed by atoms with Crippen molar-refractivity contribution in [2.24, 2.45) is 0 Å². The quantitative estimate of drug-likeness (QED) is 0.892. The molecular formula is C19H24ClN5O. The Hall–Kier alpha value is -2.18. The van der Waals surface area contributed by atoms with Gasteiger partial charge in [-0.3, -0.25) is 4.79 Å². The Bertz CT molecular complexity index is 803. The lowest BCUT2D eigenvalue weighted by molar-refractivity contribution is 0.102. The first-order chi connectivity index (χ1) is 12.5. The van der Waals surface area contributed by atoms with E-state index in [-0.39, 0.29) is 5.91 Å². The number of benzene rings is 1. The van der Waals surface area contributed by atoms with Crippen molar-refractivity contribution in [1.82, 2.24) is 14.9 Å². The zero-order valence-corrected chi connectivity index (χ0v) is 16.2. The zero-order chi connectivity index (χ0) is 18.7. The second kappa shape index (κ2) is 8.01. The van der Waals surface area contributed by atoms with Crippen LogP contribution in [0.3, 0.4) is 0 Å². The van der Waals surface area contributed by atoms with Crippen LogP contribution in [0.1, 0.15) is 28.8 Å². The number of halogens is 1. The molecule has 0 atom stereocenters. The molecule has 138 valence electrons. The molecule has 26 heavy (non-hydrogen) atoms. The number of aryl methyl sites for hydroxylation is 1. The maximum atomic E-state index is 12.7. The van der Waals surface area contributed by atoms with Crippen LogP contribution in [0.25, 0.3) is 0 Å². The van der Waals surface area contributed by atoms with Crippen LogP contribution >= 0.6 is 11.6 Å². The van der Waals surface area contributed by atoms with Crippen molar-refractivity contribution < 1.29 is 4.79 Å². The van der Waals surface area contributed by atoms with Crippen molar-refractivity contribution >= 4 is 29.0 Å². The normalized spacial score (nSPS) is 15.2. The van der Waals surface area contributed by atoms with E-state index in [0.717, 1.165) is 44.1 Å². The van der Waals surface area contributed by atoms with Gasteiger partial charge in [0.2, 0.25) is 0 Å². The van der Waals surface area contributed by atoms with Gasteiger partial charge < -0.3 is 15.1 Å². The Kier molecular flexibility index (Phi) is 5.74. The summed E-state index contributed by atoms with van der Waals surface area (Å²) in [5, 5.41) is 3.52. The van der Waals surface area contributed by atoms with Crippen molar-refractivity contribution in [3.8, 4) is 0 Å². The molecule has 0 unspecified atom stereocenters. The van der Waals surface area contributed by atoms with Crippen LogP contribution in [0.4, 0.5) is 11.5 Å². The molecule has 2 aromatic rings. The molecule has 6 nitrogen and oxygen atoms in total. The van der Waals surface area contributed by atoms with E-state index in [9.17, 15) is 4.79 Å². The van der Waals surface area contributed by atoms with Crippen LogP contribution in [0.2, 0.25) is 5.02 Å². The average molecular weight is 374 g/mol. The molecular weight excluding hydrogens is 350 g/mol. The molecule has 1 fully saturated rings. The highest BCUT2D eigenvalue weighted by atomic mass is 35.5. The molecule has 1 aliphatic heterocycles.